The minimum absolute atomic E-state index is 0.391. The minimum Gasteiger partial charge on any atom is -0.508 e. The highest BCUT2D eigenvalue weighted by molar-refractivity contribution is 6.23. The van der Waals surface area contributed by atoms with Crippen molar-refractivity contribution in [2.45, 2.75) is 31.2 Å². The fourth-order valence-corrected chi connectivity index (χ4v) is 2.10. The predicted octanol–water partition coefficient (Wildman–Crippen LogP) is -0.606. The van der Waals surface area contributed by atoms with E-state index in [0.717, 1.165) is 0 Å². The molecule has 2 aliphatic rings. The molecule has 17 heavy (non-hydrogen) atoms. The molecule has 1 fully saturated rings. The van der Waals surface area contributed by atoms with Crippen molar-refractivity contribution in [2.24, 2.45) is 0 Å². The average molecular weight is 241 g/mol. The molecule has 3 atom stereocenters. The number of epoxide rings is 1. The molecule has 1 saturated heterocycles. The normalized spacial score (nSPS) is 35.5. The fraction of sp³-hybridized carbons (Fsp3) is 0.500. The van der Waals surface area contributed by atoms with Gasteiger partial charge in [0.2, 0.25) is 0 Å². The van der Waals surface area contributed by atoms with Crippen LogP contribution in [-0.2, 0) is 14.3 Å². The number of carbonyl (C=O) groups excluding carboxylic acids is 1. The molecule has 1 aliphatic carbocycles. The van der Waals surface area contributed by atoms with Crippen LogP contribution in [-0.4, -0.2) is 50.6 Å². The van der Waals surface area contributed by atoms with Crippen molar-refractivity contribution in [3.63, 3.8) is 0 Å². The van der Waals surface area contributed by atoms with Crippen molar-refractivity contribution in [1.29, 1.82) is 5.41 Å². The van der Waals surface area contributed by atoms with Gasteiger partial charge in [0.1, 0.15) is 34.9 Å². The lowest BCUT2D eigenvalue weighted by Gasteiger charge is -2.29. The second kappa shape index (κ2) is 3.38. The fourth-order valence-electron chi connectivity index (χ4n) is 2.10. The van der Waals surface area contributed by atoms with Crippen LogP contribution in [0.4, 0.5) is 0 Å². The number of rotatable bonds is 3. The van der Waals surface area contributed by atoms with Crippen LogP contribution >= 0.6 is 0 Å². The summed E-state index contributed by atoms with van der Waals surface area (Å²) in [5.74, 6) is -2.48. The number of aliphatic carboxylic acids is 1. The van der Waals surface area contributed by atoms with Crippen LogP contribution in [0.3, 0.4) is 0 Å². The number of carboxylic acids is 1. The Bertz CT molecular complexity index is 467. The smallest absolute Gasteiger partial charge is 0.341 e. The van der Waals surface area contributed by atoms with Crippen LogP contribution in [0.5, 0.6) is 0 Å². The first-order chi connectivity index (χ1) is 7.79. The Morgan fingerprint density at radius 2 is 2.12 bits per heavy atom. The molecular formula is C10H11NO6. The lowest BCUT2D eigenvalue weighted by atomic mass is 9.78. The number of hydrogen-bond acceptors (Lipinski definition) is 6. The van der Waals surface area contributed by atoms with Gasteiger partial charge in [0.25, 0.3) is 0 Å². The van der Waals surface area contributed by atoms with Gasteiger partial charge in [-0.3, -0.25) is 4.79 Å². The highest BCUT2D eigenvalue weighted by atomic mass is 16.6. The number of aliphatic hydroxyl groups is 2. The zero-order valence-corrected chi connectivity index (χ0v) is 8.93. The van der Waals surface area contributed by atoms with Crippen molar-refractivity contribution in [1.82, 2.24) is 0 Å². The standard InChI is InChI=1S/C10H11NO6/c1-3(12)2-10(16)7(11)4(9(14)15)5(13)6-8(10)17-6/h6,8,11,13,16H,2H2,1H3,(H,14,15)/t6-,8-,10-/m1/s1. The van der Waals surface area contributed by atoms with Gasteiger partial charge >= 0.3 is 5.97 Å². The number of ether oxygens (including phenoxy) is 1. The number of nitrogens with one attached hydrogen (secondary N) is 1. The summed E-state index contributed by atoms with van der Waals surface area (Å²) in [4.78, 5) is 21.9. The van der Waals surface area contributed by atoms with Gasteiger partial charge in [-0.25, -0.2) is 4.79 Å². The summed E-state index contributed by atoms with van der Waals surface area (Å²) in [7, 11) is 0. The van der Waals surface area contributed by atoms with Crippen molar-refractivity contribution in [2.75, 3.05) is 0 Å². The van der Waals surface area contributed by atoms with E-state index >= 15 is 0 Å². The molecular weight excluding hydrogens is 230 g/mol. The lowest BCUT2D eigenvalue weighted by molar-refractivity contribution is -0.132. The zero-order valence-electron chi connectivity index (χ0n) is 8.93. The average Bonchev–Trinajstić information content (AvgIpc) is 2.93. The molecule has 92 valence electrons. The lowest BCUT2D eigenvalue weighted by Crippen LogP contribution is -2.51. The number of Topliss-reactive ketones (excluding diaryl/α,β-unsaturated/α-hetero) is 1. The van der Waals surface area contributed by atoms with Gasteiger partial charge in [-0.1, -0.05) is 0 Å². The van der Waals surface area contributed by atoms with Crippen LogP contribution in [0.2, 0.25) is 0 Å². The molecule has 1 heterocycles. The second-order valence-electron chi connectivity index (χ2n) is 4.22. The zero-order chi connectivity index (χ0) is 13.0. The predicted molar refractivity (Wildman–Crippen MR) is 53.9 cm³/mol. The summed E-state index contributed by atoms with van der Waals surface area (Å²) in [6.07, 6.45) is -2.25. The largest absolute Gasteiger partial charge is 0.508 e. The number of aliphatic hydroxyl groups excluding tert-OH is 1. The summed E-state index contributed by atoms with van der Waals surface area (Å²) in [6, 6.07) is 0. The molecule has 0 unspecified atom stereocenters. The number of ketones is 1. The van der Waals surface area contributed by atoms with E-state index in [1.54, 1.807) is 0 Å². The van der Waals surface area contributed by atoms with Gasteiger partial charge in [-0.15, -0.1) is 0 Å². The van der Waals surface area contributed by atoms with Gasteiger partial charge in [0.05, 0.1) is 5.71 Å². The summed E-state index contributed by atoms with van der Waals surface area (Å²) >= 11 is 0. The first-order valence-corrected chi connectivity index (χ1v) is 4.92. The van der Waals surface area contributed by atoms with Gasteiger partial charge in [0, 0.05) is 6.42 Å². The van der Waals surface area contributed by atoms with Crippen LogP contribution < -0.4 is 0 Å². The molecule has 0 aromatic heterocycles. The summed E-state index contributed by atoms with van der Waals surface area (Å²) in [5, 5.41) is 36.2. The summed E-state index contributed by atoms with van der Waals surface area (Å²) < 4.78 is 4.94. The molecule has 4 N–H and O–H groups in total. The summed E-state index contributed by atoms with van der Waals surface area (Å²) in [6.45, 7) is 1.22. The van der Waals surface area contributed by atoms with Crippen LogP contribution in [0.1, 0.15) is 13.3 Å². The maximum Gasteiger partial charge on any atom is 0.341 e. The Kier molecular flexibility index (Phi) is 2.33. The van der Waals surface area contributed by atoms with Gasteiger partial charge in [0.15, 0.2) is 0 Å². The number of fused-ring (bicyclic) bond motifs is 1. The van der Waals surface area contributed by atoms with Crippen molar-refractivity contribution < 1.29 is 29.6 Å². The quantitative estimate of drug-likeness (QED) is 0.487. The summed E-state index contributed by atoms with van der Waals surface area (Å²) in [5.41, 5.74) is -3.33. The van der Waals surface area contributed by atoms with Gasteiger partial charge in [-0.2, -0.15) is 0 Å². The Labute approximate surface area is 95.8 Å². The van der Waals surface area contributed by atoms with E-state index in [1.165, 1.54) is 6.92 Å². The molecule has 0 aromatic rings. The van der Waals surface area contributed by atoms with E-state index < -0.39 is 53.0 Å². The number of hydrogen-bond donors (Lipinski definition) is 4. The molecule has 2 rings (SSSR count). The van der Waals surface area contributed by atoms with Crippen LogP contribution in [0.15, 0.2) is 11.3 Å². The van der Waals surface area contributed by atoms with Crippen LogP contribution in [0.25, 0.3) is 0 Å². The second-order valence-corrected chi connectivity index (χ2v) is 4.22. The third-order valence-electron chi connectivity index (χ3n) is 2.90. The third-order valence-corrected chi connectivity index (χ3v) is 2.90. The minimum atomic E-state index is -1.96. The van der Waals surface area contributed by atoms with Gasteiger partial charge in [-0.05, 0) is 6.92 Å². The number of carbonyl (C=O) groups is 2. The Morgan fingerprint density at radius 1 is 1.53 bits per heavy atom. The molecule has 0 spiro atoms. The maximum atomic E-state index is 11.0. The molecule has 0 radical (unpaired) electrons. The van der Waals surface area contributed by atoms with E-state index in [2.05, 4.69) is 0 Å². The third kappa shape index (κ3) is 1.55. The Morgan fingerprint density at radius 3 is 2.59 bits per heavy atom. The maximum absolute atomic E-state index is 11.0. The van der Waals surface area contributed by atoms with E-state index in [1.807, 2.05) is 0 Å². The molecule has 0 saturated carbocycles. The first kappa shape index (κ1) is 11.7. The van der Waals surface area contributed by atoms with E-state index in [4.69, 9.17) is 15.3 Å². The van der Waals surface area contributed by atoms with E-state index in [-0.39, 0.29) is 0 Å². The van der Waals surface area contributed by atoms with E-state index in [9.17, 15) is 19.8 Å². The molecule has 1 aliphatic heterocycles. The monoisotopic (exact) mass is 241 g/mol. The highest BCUT2D eigenvalue weighted by Crippen LogP contribution is 2.45. The molecule has 0 aromatic carbocycles. The highest BCUT2D eigenvalue weighted by Gasteiger charge is 2.64. The molecule has 7 nitrogen and oxygen atoms in total. The van der Waals surface area contributed by atoms with Crippen molar-refractivity contribution >= 4 is 17.5 Å². The van der Waals surface area contributed by atoms with Gasteiger partial charge < -0.3 is 25.5 Å². The van der Waals surface area contributed by atoms with Crippen LogP contribution in [0, 0.1) is 5.41 Å². The van der Waals surface area contributed by atoms with E-state index in [0.29, 0.717) is 0 Å². The SMILES string of the molecule is CC(=O)C[C@@]1(O)C(=N)C(C(=O)O)=C(O)[C@H]2O[C@H]21. The first-order valence-electron chi connectivity index (χ1n) is 4.92. The topological polar surface area (TPSA) is 131 Å². The Hall–Kier alpha value is -1.73. The molecule has 0 bridgehead atoms. The molecule has 0 amide bonds. The van der Waals surface area contributed by atoms with Crippen molar-refractivity contribution in [3.05, 3.63) is 11.3 Å². The molecule has 7 heteroatoms. The number of carboxylic acid groups (broad SMARTS) is 1. The van der Waals surface area contributed by atoms with Crippen molar-refractivity contribution in [3.8, 4) is 0 Å². The Balaban J connectivity index is 2.45.